The highest BCUT2D eigenvalue weighted by Crippen LogP contribution is 2.30. The average Bonchev–Trinajstić information content (AvgIpc) is 2.99. The van der Waals surface area contributed by atoms with Gasteiger partial charge in [-0.3, -0.25) is 0 Å². The molecule has 0 aliphatic carbocycles. The Labute approximate surface area is 260 Å². The standard InChI is InChI=1S/C37H68N2O3/c1-4-7-10-13-15-17-19-21-23-26-31-41-34-28-29-36(35(33-34)39-37(40)38-30-25-12-9-6-3)42-32-27-24-22-20-18-16-14-11-8-5-2/h28-29,33H,4-27,30-32H2,1-3H3,(H2,38,39,40). The topological polar surface area (TPSA) is 59.6 Å². The van der Waals surface area contributed by atoms with Crippen molar-refractivity contribution < 1.29 is 14.3 Å². The molecule has 0 bridgehead atoms. The van der Waals surface area contributed by atoms with Crippen LogP contribution in [0.1, 0.15) is 175 Å². The van der Waals surface area contributed by atoms with Crippen molar-refractivity contribution in [1.82, 2.24) is 5.32 Å². The van der Waals surface area contributed by atoms with E-state index in [1.54, 1.807) is 0 Å². The molecule has 1 aromatic carbocycles. The molecule has 0 heterocycles. The number of rotatable bonds is 30. The molecule has 2 N–H and O–H groups in total. The van der Waals surface area contributed by atoms with Crippen molar-refractivity contribution in [3.63, 3.8) is 0 Å². The Kier molecular flexibility index (Phi) is 26.5. The highest BCUT2D eigenvalue weighted by molar-refractivity contribution is 5.91. The van der Waals surface area contributed by atoms with Gasteiger partial charge >= 0.3 is 6.03 Å². The number of carbonyl (C=O) groups is 1. The Morgan fingerprint density at radius 3 is 1.48 bits per heavy atom. The summed E-state index contributed by atoms with van der Waals surface area (Å²) in [6.45, 7) is 8.81. The van der Waals surface area contributed by atoms with Crippen LogP contribution in [0.3, 0.4) is 0 Å². The van der Waals surface area contributed by atoms with Crippen LogP contribution in [0.5, 0.6) is 11.5 Å². The number of ether oxygens (including phenoxy) is 2. The fourth-order valence-electron chi connectivity index (χ4n) is 5.29. The van der Waals surface area contributed by atoms with E-state index in [-0.39, 0.29) is 6.03 Å². The maximum absolute atomic E-state index is 12.6. The van der Waals surface area contributed by atoms with E-state index in [2.05, 4.69) is 31.4 Å². The van der Waals surface area contributed by atoms with Crippen LogP contribution in [-0.4, -0.2) is 25.8 Å². The van der Waals surface area contributed by atoms with E-state index < -0.39 is 0 Å². The molecule has 0 spiro atoms. The molecule has 42 heavy (non-hydrogen) atoms. The largest absolute Gasteiger partial charge is 0.494 e. The summed E-state index contributed by atoms with van der Waals surface area (Å²) >= 11 is 0. The van der Waals surface area contributed by atoms with Crippen molar-refractivity contribution in [1.29, 1.82) is 0 Å². The number of unbranched alkanes of at least 4 members (excludes halogenated alkanes) is 21. The molecular weight excluding hydrogens is 520 g/mol. The molecule has 244 valence electrons. The first-order chi connectivity index (χ1) is 20.7. The number of anilines is 1. The number of nitrogens with one attached hydrogen (secondary N) is 2. The quantitative estimate of drug-likeness (QED) is 0.0879. The fourth-order valence-corrected chi connectivity index (χ4v) is 5.29. The van der Waals surface area contributed by atoms with Crippen molar-refractivity contribution in [2.45, 2.75) is 175 Å². The third-order valence-electron chi connectivity index (χ3n) is 8.04. The summed E-state index contributed by atoms with van der Waals surface area (Å²) < 4.78 is 12.2. The first kappa shape index (κ1) is 38.1. The Morgan fingerprint density at radius 1 is 0.548 bits per heavy atom. The fraction of sp³-hybridized carbons (Fsp3) is 0.811. The third kappa shape index (κ3) is 22.7. The molecule has 0 saturated carbocycles. The molecule has 1 rings (SSSR count). The Hall–Kier alpha value is -1.91. The van der Waals surface area contributed by atoms with Crippen LogP contribution < -0.4 is 20.1 Å². The minimum Gasteiger partial charge on any atom is -0.494 e. The third-order valence-corrected chi connectivity index (χ3v) is 8.04. The molecule has 0 atom stereocenters. The van der Waals surface area contributed by atoms with Crippen LogP contribution in [0, 0.1) is 0 Å². The van der Waals surface area contributed by atoms with Gasteiger partial charge in [-0.15, -0.1) is 0 Å². The van der Waals surface area contributed by atoms with Crippen LogP contribution in [0.4, 0.5) is 10.5 Å². The maximum atomic E-state index is 12.6. The number of hydrogen-bond acceptors (Lipinski definition) is 3. The van der Waals surface area contributed by atoms with E-state index in [1.165, 1.54) is 128 Å². The van der Waals surface area contributed by atoms with Crippen molar-refractivity contribution in [2.24, 2.45) is 0 Å². The van der Waals surface area contributed by atoms with Crippen LogP contribution in [-0.2, 0) is 0 Å². The molecule has 5 heteroatoms. The van der Waals surface area contributed by atoms with E-state index in [4.69, 9.17) is 9.47 Å². The lowest BCUT2D eigenvalue weighted by molar-refractivity contribution is 0.251. The SMILES string of the molecule is CCCCCCCCCCCCOc1ccc(OCCCCCCCCCCCC)c(NC(=O)NCCCCCC)c1. The second-order valence-corrected chi connectivity index (χ2v) is 12.2. The zero-order valence-corrected chi connectivity index (χ0v) is 28.0. The monoisotopic (exact) mass is 589 g/mol. The second-order valence-electron chi connectivity index (χ2n) is 12.2. The number of benzene rings is 1. The Balaban J connectivity index is 2.41. The molecule has 5 nitrogen and oxygen atoms in total. The summed E-state index contributed by atoms with van der Waals surface area (Å²) in [5.41, 5.74) is 0.689. The summed E-state index contributed by atoms with van der Waals surface area (Å²) in [7, 11) is 0. The minimum atomic E-state index is -0.179. The van der Waals surface area contributed by atoms with E-state index in [1.807, 2.05) is 18.2 Å². The zero-order valence-electron chi connectivity index (χ0n) is 28.0. The van der Waals surface area contributed by atoms with Gasteiger partial charge in [0.15, 0.2) is 0 Å². The molecule has 0 unspecified atom stereocenters. The minimum absolute atomic E-state index is 0.179. The van der Waals surface area contributed by atoms with Crippen molar-refractivity contribution in [3.8, 4) is 11.5 Å². The van der Waals surface area contributed by atoms with E-state index >= 15 is 0 Å². The van der Waals surface area contributed by atoms with Crippen LogP contribution >= 0.6 is 0 Å². The van der Waals surface area contributed by atoms with Crippen LogP contribution in [0.25, 0.3) is 0 Å². The summed E-state index contributed by atoms with van der Waals surface area (Å²) in [5.74, 6) is 1.51. The lowest BCUT2D eigenvalue weighted by atomic mass is 10.1. The summed E-state index contributed by atoms with van der Waals surface area (Å²) in [4.78, 5) is 12.6. The first-order valence-corrected chi connectivity index (χ1v) is 18.2. The zero-order chi connectivity index (χ0) is 30.4. The van der Waals surface area contributed by atoms with Crippen LogP contribution in [0.15, 0.2) is 18.2 Å². The van der Waals surface area contributed by atoms with E-state index in [0.717, 1.165) is 37.2 Å². The van der Waals surface area contributed by atoms with Gasteiger partial charge in [0, 0.05) is 12.6 Å². The average molecular weight is 589 g/mol. The summed E-state index contributed by atoms with van der Waals surface area (Å²) in [6, 6.07) is 5.65. The first-order valence-electron chi connectivity index (χ1n) is 18.2. The molecule has 0 aliphatic heterocycles. The van der Waals surface area contributed by atoms with Gasteiger partial charge in [-0.05, 0) is 31.4 Å². The lowest BCUT2D eigenvalue weighted by Crippen LogP contribution is -2.29. The van der Waals surface area contributed by atoms with Crippen molar-refractivity contribution in [2.75, 3.05) is 25.1 Å². The predicted octanol–water partition coefficient (Wildman–Crippen LogP) is 12.0. The molecule has 0 aromatic heterocycles. The molecule has 1 aromatic rings. The van der Waals surface area contributed by atoms with Gasteiger partial charge in [0.2, 0.25) is 0 Å². The Morgan fingerprint density at radius 2 is 0.976 bits per heavy atom. The maximum Gasteiger partial charge on any atom is 0.319 e. The molecule has 0 radical (unpaired) electrons. The highest BCUT2D eigenvalue weighted by atomic mass is 16.5. The van der Waals surface area contributed by atoms with Gasteiger partial charge in [0.05, 0.1) is 18.9 Å². The highest BCUT2D eigenvalue weighted by Gasteiger charge is 2.10. The van der Waals surface area contributed by atoms with Gasteiger partial charge in [0.1, 0.15) is 11.5 Å². The van der Waals surface area contributed by atoms with E-state index in [9.17, 15) is 4.79 Å². The van der Waals surface area contributed by atoms with Crippen LogP contribution in [0.2, 0.25) is 0 Å². The number of amides is 2. The van der Waals surface area contributed by atoms with E-state index in [0.29, 0.717) is 25.4 Å². The predicted molar refractivity (Wildman–Crippen MR) is 182 cm³/mol. The van der Waals surface area contributed by atoms with Crippen molar-refractivity contribution >= 4 is 11.7 Å². The van der Waals surface area contributed by atoms with Gasteiger partial charge in [-0.1, -0.05) is 156 Å². The summed E-state index contributed by atoms with van der Waals surface area (Å²) in [5, 5.41) is 6.01. The molecule has 0 fully saturated rings. The normalized spacial score (nSPS) is 11.0. The van der Waals surface area contributed by atoms with Gasteiger partial charge in [-0.2, -0.15) is 0 Å². The van der Waals surface area contributed by atoms with Gasteiger partial charge in [-0.25, -0.2) is 4.79 Å². The second kappa shape index (κ2) is 29.2. The smallest absolute Gasteiger partial charge is 0.319 e. The van der Waals surface area contributed by atoms with Gasteiger partial charge < -0.3 is 20.1 Å². The number of urea groups is 1. The number of hydrogen-bond donors (Lipinski definition) is 2. The Bertz CT molecular complexity index is 740. The van der Waals surface area contributed by atoms with Crippen molar-refractivity contribution in [3.05, 3.63) is 18.2 Å². The molecule has 0 aliphatic rings. The number of carbonyl (C=O) groups excluding carboxylic acids is 1. The summed E-state index contributed by atoms with van der Waals surface area (Å²) in [6.07, 6.45) is 30.7. The molecular formula is C37H68N2O3. The molecule has 2 amide bonds. The van der Waals surface area contributed by atoms with Gasteiger partial charge in [0.25, 0.3) is 0 Å². The molecule has 0 saturated heterocycles. The lowest BCUT2D eigenvalue weighted by Gasteiger charge is -2.15.